The van der Waals surface area contributed by atoms with Gasteiger partial charge in [-0.05, 0) is 33.7 Å². The zero-order chi connectivity index (χ0) is 9.90. The summed E-state index contributed by atoms with van der Waals surface area (Å²) in [6.07, 6.45) is 2.35. The molecule has 1 unspecified atom stereocenters. The zero-order valence-electron chi connectivity index (χ0n) is 9.01. The maximum atomic E-state index is 9.02. The third-order valence-electron chi connectivity index (χ3n) is 3.39. The predicted octanol–water partition coefficient (Wildman–Crippen LogP) is 0.441. The molecule has 0 amide bonds. The average Bonchev–Trinajstić information content (AvgIpc) is 2.18. The van der Waals surface area contributed by atoms with Gasteiger partial charge in [0.25, 0.3) is 0 Å². The first-order valence-electron chi connectivity index (χ1n) is 5.15. The van der Waals surface area contributed by atoms with E-state index in [1.807, 2.05) is 7.05 Å². The van der Waals surface area contributed by atoms with E-state index in [1.165, 1.54) is 12.8 Å². The largest absolute Gasteiger partial charge is 0.395 e. The molecule has 3 nitrogen and oxygen atoms in total. The molecule has 1 rings (SSSR count). The lowest BCUT2D eigenvalue weighted by Crippen LogP contribution is -2.52. The van der Waals surface area contributed by atoms with Crippen LogP contribution in [0.1, 0.15) is 26.7 Å². The number of hydrogen-bond acceptors (Lipinski definition) is 3. The highest BCUT2D eigenvalue weighted by molar-refractivity contribution is 4.89. The van der Waals surface area contributed by atoms with Crippen molar-refractivity contribution in [3.05, 3.63) is 0 Å². The third-order valence-corrected chi connectivity index (χ3v) is 3.39. The smallest absolute Gasteiger partial charge is 0.0584 e. The first-order valence-corrected chi connectivity index (χ1v) is 5.15. The van der Waals surface area contributed by atoms with E-state index in [0.717, 1.165) is 13.1 Å². The van der Waals surface area contributed by atoms with Crippen molar-refractivity contribution in [3.8, 4) is 0 Å². The van der Waals surface area contributed by atoms with E-state index in [-0.39, 0.29) is 6.61 Å². The van der Waals surface area contributed by atoms with Gasteiger partial charge in [-0.15, -0.1) is 0 Å². The second-order valence-corrected chi connectivity index (χ2v) is 4.38. The molecule has 0 aromatic rings. The molecule has 0 aromatic heterocycles. The van der Waals surface area contributed by atoms with Gasteiger partial charge in [-0.3, -0.25) is 4.90 Å². The van der Waals surface area contributed by atoms with Gasteiger partial charge < -0.3 is 10.4 Å². The van der Waals surface area contributed by atoms with Crippen molar-refractivity contribution in [1.29, 1.82) is 0 Å². The Balaban J connectivity index is 2.38. The van der Waals surface area contributed by atoms with Gasteiger partial charge in [-0.2, -0.15) is 0 Å². The molecular weight excluding hydrogens is 164 g/mol. The lowest BCUT2D eigenvalue weighted by molar-refractivity contribution is 0.0825. The summed E-state index contributed by atoms with van der Waals surface area (Å²) < 4.78 is 0. The second kappa shape index (κ2) is 4.40. The van der Waals surface area contributed by atoms with Gasteiger partial charge in [-0.1, -0.05) is 0 Å². The molecule has 1 saturated heterocycles. The Morgan fingerprint density at radius 2 is 2.00 bits per heavy atom. The molecule has 1 aliphatic heterocycles. The molecule has 0 aromatic carbocycles. The fourth-order valence-corrected chi connectivity index (χ4v) is 1.82. The van der Waals surface area contributed by atoms with E-state index in [1.54, 1.807) is 0 Å². The van der Waals surface area contributed by atoms with Gasteiger partial charge in [-0.25, -0.2) is 0 Å². The highest BCUT2D eigenvalue weighted by Crippen LogP contribution is 2.22. The van der Waals surface area contributed by atoms with Crippen LogP contribution in [-0.2, 0) is 0 Å². The molecule has 0 bridgehead atoms. The Hall–Kier alpha value is -0.120. The van der Waals surface area contributed by atoms with Crippen LogP contribution in [-0.4, -0.2) is 48.3 Å². The van der Waals surface area contributed by atoms with Gasteiger partial charge in [0.15, 0.2) is 0 Å². The van der Waals surface area contributed by atoms with Crippen molar-refractivity contribution in [3.63, 3.8) is 0 Å². The van der Waals surface area contributed by atoms with E-state index < -0.39 is 0 Å². The maximum Gasteiger partial charge on any atom is 0.0584 e. The monoisotopic (exact) mass is 186 g/mol. The summed E-state index contributed by atoms with van der Waals surface area (Å²) in [6, 6.07) is 0.321. The van der Waals surface area contributed by atoms with Crippen molar-refractivity contribution >= 4 is 0 Å². The summed E-state index contributed by atoms with van der Waals surface area (Å²) in [5, 5.41) is 12.4. The molecule has 2 N–H and O–H groups in total. The number of likely N-dealkylation sites (tertiary alicyclic amines) is 1. The van der Waals surface area contributed by atoms with E-state index in [4.69, 9.17) is 5.11 Å². The molecule has 78 valence electrons. The van der Waals surface area contributed by atoms with Gasteiger partial charge in [0.2, 0.25) is 0 Å². The van der Waals surface area contributed by atoms with Crippen LogP contribution in [0.4, 0.5) is 0 Å². The Kier molecular flexibility index (Phi) is 3.71. The minimum absolute atomic E-state index is 0.274. The van der Waals surface area contributed by atoms with Crippen LogP contribution in [0.5, 0.6) is 0 Å². The molecule has 0 spiro atoms. The summed E-state index contributed by atoms with van der Waals surface area (Å²) in [7, 11) is 2.03. The normalized spacial score (nSPS) is 25.8. The minimum Gasteiger partial charge on any atom is -0.395 e. The highest BCUT2D eigenvalue weighted by Gasteiger charge is 2.29. The lowest BCUT2D eigenvalue weighted by atomic mass is 9.89. The minimum atomic E-state index is 0.274. The topological polar surface area (TPSA) is 35.5 Å². The summed E-state index contributed by atoms with van der Waals surface area (Å²) in [4.78, 5) is 2.36. The molecule has 0 radical (unpaired) electrons. The van der Waals surface area contributed by atoms with E-state index in [2.05, 4.69) is 24.1 Å². The second-order valence-electron chi connectivity index (χ2n) is 4.38. The Morgan fingerprint density at radius 1 is 1.46 bits per heavy atom. The zero-order valence-corrected chi connectivity index (χ0v) is 9.01. The van der Waals surface area contributed by atoms with E-state index in [0.29, 0.717) is 11.6 Å². The highest BCUT2D eigenvalue weighted by atomic mass is 16.3. The molecular formula is C10H22N2O. The first kappa shape index (κ1) is 11.0. The standard InChI is InChI=1S/C10H22N2O/c1-9(8-13)12-6-4-10(2,11-3)5-7-12/h9,11,13H,4-8H2,1-3H3. The van der Waals surface area contributed by atoms with Crippen molar-refractivity contribution in [2.75, 3.05) is 26.7 Å². The molecule has 13 heavy (non-hydrogen) atoms. The fraction of sp³-hybridized carbons (Fsp3) is 1.00. The van der Waals surface area contributed by atoms with E-state index in [9.17, 15) is 0 Å². The average molecular weight is 186 g/mol. The summed E-state index contributed by atoms with van der Waals surface area (Å²) in [5.74, 6) is 0. The number of nitrogens with zero attached hydrogens (tertiary/aromatic N) is 1. The molecule has 1 heterocycles. The Morgan fingerprint density at radius 3 is 2.38 bits per heavy atom. The number of rotatable bonds is 3. The Bertz CT molecular complexity index is 153. The quantitative estimate of drug-likeness (QED) is 0.671. The molecule has 0 saturated carbocycles. The van der Waals surface area contributed by atoms with E-state index >= 15 is 0 Å². The van der Waals surface area contributed by atoms with Crippen LogP contribution in [0.3, 0.4) is 0 Å². The van der Waals surface area contributed by atoms with Crippen LogP contribution in [0.2, 0.25) is 0 Å². The number of nitrogens with one attached hydrogen (secondary N) is 1. The van der Waals surface area contributed by atoms with Gasteiger partial charge >= 0.3 is 0 Å². The van der Waals surface area contributed by atoms with Crippen LogP contribution in [0.25, 0.3) is 0 Å². The van der Waals surface area contributed by atoms with Gasteiger partial charge in [0.05, 0.1) is 6.61 Å². The maximum absolute atomic E-state index is 9.02. The molecule has 1 fully saturated rings. The summed E-state index contributed by atoms with van der Waals surface area (Å²) in [6.45, 7) is 6.82. The van der Waals surface area contributed by atoms with Crippen molar-refractivity contribution in [2.24, 2.45) is 0 Å². The lowest BCUT2D eigenvalue weighted by Gasteiger charge is -2.41. The first-order chi connectivity index (χ1) is 6.11. The fourth-order valence-electron chi connectivity index (χ4n) is 1.82. The van der Waals surface area contributed by atoms with Crippen molar-refractivity contribution in [1.82, 2.24) is 10.2 Å². The van der Waals surface area contributed by atoms with Crippen LogP contribution < -0.4 is 5.32 Å². The van der Waals surface area contributed by atoms with Gasteiger partial charge in [0.1, 0.15) is 0 Å². The van der Waals surface area contributed by atoms with Gasteiger partial charge in [0, 0.05) is 24.7 Å². The van der Waals surface area contributed by atoms with Crippen LogP contribution >= 0.6 is 0 Å². The number of aliphatic hydroxyl groups excluding tert-OH is 1. The summed E-state index contributed by atoms with van der Waals surface area (Å²) in [5.41, 5.74) is 0.311. The number of aliphatic hydroxyl groups is 1. The number of piperidine rings is 1. The van der Waals surface area contributed by atoms with Crippen molar-refractivity contribution < 1.29 is 5.11 Å². The SMILES string of the molecule is CNC1(C)CCN(C(C)CO)CC1. The molecule has 0 aliphatic carbocycles. The van der Waals surface area contributed by atoms with Crippen molar-refractivity contribution in [2.45, 2.75) is 38.3 Å². The van der Waals surface area contributed by atoms with Crippen LogP contribution in [0.15, 0.2) is 0 Å². The van der Waals surface area contributed by atoms with Crippen LogP contribution in [0, 0.1) is 0 Å². The Labute approximate surface area is 81.1 Å². The molecule has 1 aliphatic rings. The third kappa shape index (κ3) is 2.66. The summed E-state index contributed by atoms with van der Waals surface area (Å²) >= 11 is 0. The molecule has 3 heteroatoms. The molecule has 1 atom stereocenters. The number of hydrogen-bond donors (Lipinski definition) is 2. The predicted molar refractivity (Wildman–Crippen MR) is 54.8 cm³/mol.